The fraction of sp³-hybridized carbons (Fsp3) is 0.625. The minimum Gasteiger partial charge on any atom is -0.341 e. The molecule has 5 rings (SSSR count). The molecule has 2 saturated heterocycles. The van der Waals surface area contributed by atoms with Crippen LogP contribution >= 0.6 is 7.92 Å². The van der Waals surface area contributed by atoms with Crippen LogP contribution in [0, 0.1) is 23.2 Å². The van der Waals surface area contributed by atoms with Crippen molar-refractivity contribution in [2.24, 2.45) is 23.2 Å². The average molecular weight is 493 g/mol. The first-order chi connectivity index (χ1) is 16.6. The van der Waals surface area contributed by atoms with Crippen molar-refractivity contribution in [3.05, 3.63) is 71.8 Å². The van der Waals surface area contributed by atoms with Gasteiger partial charge in [-0.3, -0.25) is 0 Å². The lowest BCUT2D eigenvalue weighted by Gasteiger charge is -2.69. The molecule has 0 bridgehead atoms. The number of hydrogen-bond acceptors (Lipinski definition) is 2. The topological polar surface area (TPSA) is 18.5 Å². The zero-order chi connectivity index (χ0) is 25.0. The number of ether oxygens (including phenoxy) is 2. The van der Waals surface area contributed by atoms with Crippen molar-refractivity contribution in [3.63, 3.8) is 0 Å². The third-order valence-corrected chi connectivity index (χ3v) is 14.6. The van der Waals surface area contributed by atoms with Crippen molar-refractivity contribution in [3.8, 4) is 0 Å². The summed E-state index contributed by atoms with van der Waals surface area (Å²) in [6.07, 6.45) is 3.88. The Labute approximate surface area is 214 Å². The quantitative estimate of drug-likeness (QED) is 0.388. The van der Waals surface area contributed by atoms with Crippen LogP contribution in [0.4, 0.5) is 0 Å². The molecule has 0 unspecified atom stereocenters. The minimum absolute atomic E-state index is 0.0638. The van der Waals surface area contributed by atoms with Gasteiger partial charge in [-0.25, -0.2) is 0 Å². The Morgan fingerprint density at radius 2 is 1.31 bits per heavy atom. The monoisotopic (exact) mass is 492 g/mol. The SMILES string of the molecule is CC(C)[C@H]1CC[C@@H](C)C[C@H]1[P@@]1[C@@H](C2O[C@H](c3ccccc3)[C@@H](c3ccccc3)O2)C(C)(C)C1(C)C. The molecule has 0 spiro atoms. The zero-order valence-electron chi connectivity index (χ0n) is 22.8. The van der Waals surface area contributed by atoms with E-state index in [1.807, 2.05) is 0 Å². The van der Waals surface area contributed by atoms with Gasteiger partial charge in [-0.1, -0.05) is 123 Å². The second-order valence-corrected chi connectivity index (χ2v) is 16.0. The Kier molecular flexibility index (Phi) is 6.97. The van der Waals surface area contributed by atoms with E-state index < -0.39 is 0 Å². The molecule has 2 nitrogen and oxygen atoms in total. The van der Waals surface area contributed by atoms with Crippen LogP contribution in [-0.4, -0.2) is 22.8 Å². The summed E-state index contributed by atoms with van der Waals surface area (Å²) in [6.45, 7) is 17.4. The maximum atomic E-state index is 6.99. The van der Waals surface area contributed by atoms with Crippen LogP contribution in [0.25, 0.3) is 0 Å². The second kappa shape index (κ2) is 9.59. The van der Waals surface area contributed by atoms with Gasteiger partial charge in [-0.15, -0.1) is 0 Å². The Balaban J connectivity index is 1.50. The van der Waals surface area contributed by atoms with Gasteiger partial charge in [0, 0.05) is 5.66 Å². The zero-order valence-corrected chi connectivity index (χ0v) is 23.7. The first kappa shape index (κ1) is 25.4. The lowest BCUT2D eigenvalue weighted by Crippen LogP contribution is -2.64. The molecule has 0 amide bonds. The summed E-state index contributed by atoms with van der Waals surface area (Å²) in [5, 5.41) is 0.321. The molecular weight excluding hydrogens is 447 g/mol. The molecule has 7 atom stereocenters. The van der Waals surface area contributed by atoms with Crippen LogP contribution in [0.5, 0.6) is 0 Å². The highest BCUT2D eigenvalue weighted by Gasteiger charge is 2.68. The van der Waals surface area contributed by atoms with E-state index in [0.29, 0.717) is 10.8 Å². The van der Waals surface area contributed by atoms with Gasteiger partial charge in [0.15, 0.2) is 6.29 Å². The van der Waals surface area contributed by atoms with Crippen molar-refractivity contribution in [1.82, 2.24) is 0 Å². The third-order valence-electron chi connectivity index (χ3n) is 9.96. The molecule has 2 aromatic rings. The molecule has 0 N–H and O–H groups in total. The van der Waals surface area contributed by atoms with Crippen LogP contribution in [0.2, 0.25) is 0 Å². The lowest BCUT2D eigenvalue weighted by atomic mass is 9.74. The van der Waals surface area contributed by atoms with Gasteiger partial charge >= 0.3 is 0 Å². The molecule has 1 aliphatic carbocycles. The van der Waals surface area contributed by atoms with Gasteiger partial charge < -0.3 is 9.47 Å². The van der Waals surface area contributed by atoms with Crippen LogP contribution in [0.3, 0.4) is 0 Å². The molecule has 190 valence electrons. The fourth-order valence-electron chi connectivity index (χ4n) is 7.29. The molecular formula is C32H45O2P. The van der Waals surface area contributed by atoms with Crippen LogP contribution < -0.4 is 0 Å². The molecule has 3 fully saturated rings. The third kappa shape index (κ3) is 4.32. The van der Waals surface area contributed by atoms with Crippen molar-refractivity contribution >= 4 is 7.92 Å². The van der Waals surface area contributed by atoms with Crippen molar-refractivity contribution in [1.29, 1.82) is 0 Å². The lowest BCUT2D eigenvalue weighted by molar-refractivity contribution is -0.0995. The molecule has 2 heterocycles. The first-order valence-corrected chi connectivity index (χ1v) is 15.3. The molecule has 3 heteroatoms. The standard InChI is InChI=1S/C32H45O2P/c1-21(2)25-19-18-22(3)20-26(25)35-29(31(4,5)32(35,6)7)30-33-27(23-14-10-8-11-15-23)28(34-30)24-16-12-9-13-17-24/h8-17,21-22,25-30H,18-20H2,1-7H3/t22-,25-,26-,27-,28-,29+,35+/m1/s1. The van der Waals surface area contributed by atoms with E-state index >= 15 is 0 Å². The van der Waals surface area contributed by atoms with E-state index in [-0.39, 0.29) is 31.8 Å². The van der Waals surface area contributed by atoms with Crippen LogP contribution in [0.1, 0.15) is 91.1 Å². The maximum absolute atomic E-state index is 6.99. The largest absolute Gasteiger partial charge is 0.341 e. The van der Waals surface area contributed by atoms with Crippen molar-refractivity contribution in [2.75, 3.05) is 0 Å². The normalized spacial score (nSPS) is 36.7. The van der Waals surface area contributed by atoms with E-state index in [1.54, 1.807) is 0 Å². The molecule has 0 radical (unpaired) electrons. The summed E-state index contributed by atoms with van der Waals surface area (Å²) in [5.74, 6) is 2.40. The average Bonchev–Trinajstić information content (AvgIpc) is 3.27. The molecule has 2 aromatic carbocycles. The van der Waals surface area contributed by atoms with E-state index in [0.717, 1.165) is 23.4 Å². The molecule has 2 aliphatic heterocycles. The van der Waals surface area contributed by atoms with Crippen LogP contribution in [-0.2, 0) is 9.47 Å². The van der Waals surface area contributed by atoms with Gasteiger partial charge in [0.25, 0.3) is 0 Å². The van der Waals surface area contributed by atoms with Gasteiger partial charge in [0.2, 0.25) is 0 Å². The molecule has 1 saturated carbocycles. The molecule has 3 aliphatic rings. The predicted molar refractivity (Wildman–Crippen MR) is 148 cm³/mol. The molecule has 0 aromatic heterocycles. The Morgan fingerprint density at radius 3 is 1.80 bits per heavy atom. The Hall–Kier alpha value is -1.21. The number of benzene rings is 2. The summed E-state index contributed by atoms with van der Waals surface area (Å²) < 4.78 is 14.0. The van der Waals surface area contributed by atoms with E-state index in [1.165, 1.54) is 30.4 Å². The van der Waals surface area contributed by atoms with Gasteiger partial charge in [-0.05, 0) is 58.0 Å². The smallest absolute Gasteiger partial charge is 0.166 e. The Bertz CT molecular complexity index is 938. The maximum Gasteiger partial charge on any atom is 0.166 e. The van der Waals surface area contributed by atoms with Crippen molar-refractivity contribution < 1.29 is 9.47 Å². The highest BCUT2D eigenvalue weighted by molar-refractivity contribution is 7.62. The van der Waals surface area contributed by atoms with E-state index in [4.69, 9.17) is 9.47 Å². The summed E-state index contributed by atoms with van der Waals surface area (Å²) in [6, 6.07) is 21.4. The first-order valence-electron chi connectivity index (χ1n) is 13.8. The highest BCUT2D eigenvalue weighted by Crippen LogP contribution is 2.81. The fourth-order valence-corrected chi connectivity index (χ4v) is 12.7. The van der Waals surface area contributed by atoms with Gasteiger partial charge in [0.05, 0.1) is 0 Å². The van der Waals surface area contributed by atoms with E-state index in [9.17, 15) is 0 Å². The summed E-state index contributed by atoms with van der Waals surface area (Å²) >= 11 is 0. The van der Waals surface area contributed by atoms with Crippen LogP contribution in [0.15, 0.2) is 60.7 Å². The highest BCUT2D eigenvalue weighted by atomic mass is 31.1. The summed E-state index contributed by atoms with van der Waals surface area (Å²) in [4.78, 5) is 0. The number of rotatable bonds is 5. The van der Waals surface area contributed by atoms with Crippen molar-refractivity contribution in [2.45, 2.75) is 103 Å². The van der Waals surface area contributed by atoms with Gasteiger partial charge in [0.1, 0.15) is 12.2 Å². The van der Waals surface area contributed by atoms with Gasteiger partial charge in [-0.2, -0.15) is 0 Å². The summed E-state index contributed by atoms with van der Waals surface area (Å²) in [7, 11) is -0.246. The number of hydrogen-bond donors (Lipinski definition) is 0. The second-order valence-electron chi connectivity index (χ2n) is 12.8. The summed E-state index contributed by atoms with van der Waals surface area (Å²) in [5.41, 5.74) is 3.88. The minimum atomic E-state index is -0.246. The Morgan fingerprint density at radius 1 is 0.800 bits per heavy atom. The molecule has 35 heavy (non-hydrogen) atoms. The predicted octanol–water partition coefficient (Wildman–Crippen LogP) is 8.97. The van der Waals surface area contributed by atoms with E-state index in [2.05, 4.69) is 109 Å².